The third-order valence-electron chi connectivity index (χ3n) is 3.39. The van der Waals surface area contributed by atoms with Gasteiger partial charge < -0.3 is 10.6 Å². The molecule has 0 spiro atoms. The highest BCUT2D eigenvalue weighted by molar-refractivity contribution is 9.10. The largest absolute Gasteiger partial charge is 0.381 e. The number of hydrogen-bond acceptors (Lipinski definition) is 2. The van der Waals surface area contributed by atoms with Gasteiger partial charge in [-0.2, -0.15) is 0 Å². The Kier molecular flexibility index (Phi) is 3.73. The molecule has 0 amide bonds. The van der Waals surface area contributed by atoms with E-state index in [9.17, 15) is 4.39 Å². The fourth-order valence-electron chi connectivity index (χ4n) is 2.23. The average Bonchev–Trinajstić information content (AvgIpc) is 2.26. The van der Waals surface area contributed by atoms with Crippen LogP contribution in [0.25, 0.3) is 0 Å². The first kappa shape index (κ1) is 12.8. The van der Waals surface area contributed by atoms with Crippen molar-refractivity contribution >= 4 is 21.6 Å². The van der Waals surface area contributed by atoms with Gasteiger partial charge in [-0.05, 0) is 52.5 Å². The van der Waals surface area contributed by atoms with Crippen molar-refractivity contribution in [2.75, 3.05) is 18.4 Å². The number of nitrogens with one attached hydrogen (secondary N) is 2. The van der Waals surface area contributed by atoms with E-state index in [1.54, 1.807) is 12.1 Å². The van der Waals surface area contributed by atoms with E-state index in [1.807, 2.05) is 0 Å². The summed E-state index contributed by atoms with van der Waals surface area (Å²) >= 11 is 3.45. The van der Waals surface area contributed by atoms with Crippen molar-refractivity contribution < 1.29 is 4.39 Å². The summed E-state index contributed by atoms with van der Waals surface area (Å²) in [7, 11) is 0. The Labute approximate surface area is 110 Å². The predicted molar refractivity (Wildman–Crippen MR) is 72.8 cm³/mol. The molecule has 2 N–H and O–H groups in total. The van der Waals surface area contributed by atoms with E-state index in [1.165, 1.54) is 6.07 Å². The summed E-state index contributed by atoms with van der Waals surface area (Å²) < 4.78 is 14.1. The standard InChI is InChI=1S/C13H18BrFN2/c1-13(2)8-16-6-5-12(13)17-11-7-9(15)3-4-10(11)14/h3-4,7,12,16-17H,5-6,8H2,1-2H3. The SMILES string of the molecule is CC1(C)CNCCC1Nc1cc(F)ccc1Br. The second-order valence-electron chi connectivity index (χ2n) is 5.28. The molecule has 0 saturated carbocycles. The van der Waals surface area contributed by atoms with E-state index in [0.717, 1.165) is 29.7 Å². The van der Waals surface area contributed by atoms with Gasteiger partial charge in [0.2, 0.25) is 0 Å². The second kappa shape index (κ2) is 4.94. The summed E-state index contributed by atoms with van der Waals surface area (Å²) in [6.07, 6.45) is 1.05. The Morgan fingerprint density at radius 3 is 2.94 bits per heavy atom. The molecule has 2 rings (SSSR count). The number of anilines is 1. The van der Waals surface area contributed by atoms with Crippen LogP contribution in [0.15, 0.2) is 22.7 Å². The highest BCUT2D eigenvalue weighted by Gasteiger charge is 2.32. The molecule has 1 heterocycles. The second-order valence-corrected chi connectivity index (χ2v) is 6.13. The van der Waals surface area contributed by atoms with Crippen LogP contribution in [0.4, 0.5) is 10.1 Å². The first-order chi connectivity index (χ1) is 7.99. The van der Waals surface area contributed by atoms with Crippen LogP contribution in [0.2, 0.25) is 0 Å². The van der Waals surface area contributed by atoms with Crippen molar-refractivity contribution in [2.24, 2.45) is 5.41 Å². The van der Waals surface area contributed by atoms with Crippen LogP contribution in [0.5, 0.6) is 0 Å². The zero-order chi connectivity index (χ0) is 12.5. The molecule has 4 heteroatoms. The lowest BCUT2D eigenvalue weighted by Crippen LogP contribution is -2.49. The van der Waals surface area contributed by atoms with Crippen molar-refractivity contribution in [3.05, 3.63) is 28.5 Å². The minimum atomic E-state index is -0.206. The topological polar surface area (TPSA) is 24.1 Å². The van der Waals surface area contributed by atoms with Crippen molar-refractivity contribution in [2.45, 2.75) is 26.3 Å². The van der Waals surface area contributed by atoms with Gasteiger partial charge in [0, 0.05) is 17.1 Å². The first-order valence-electron chi connectivity index (χ1n) is 5.91. The Morgan fingerprint density at radius 1 is 1.47 bits per heavy atom. The van der Waals surface area contributed by atoms with Crippen molar-refractivity contribution in [1.29, 1.82) is 0 Å². The summed E-state index contributed by atoms with van der Waals surface area (Å²) in [6, 6.07) is 5.11. The average molecular weight is 301 g/mol. The summed E-state index contributed by atoms with van der Waals surface area (Å²) in [6.45, 7) is 6.44. The van der Waals surface area contributed by atoms with E-state index in [2.05, 4.69) is 40.4 Å². The number of halogens is 2. The smallest absolute Gasteiger partial charge is 0.125 e. The lowest BCUT2D eigenvalue weighted by Gasteiger charge is -2.40. The molecule has 1 aromatic rings. The lowest BCUT2D eigenvalue weighted by molar-refractivity contribution is 0.236. The molecule has 1 unspecified atom stereocenters. The molecule has 2 nitrogen and oxygen atoms in total. The van der Waals surface area contributed by atoms with Crippen LogP contribution in [-0.4, -0.2) is 19.1 Å². The molecule has 0 aliphatic carbocycles. The van der Waals surface area contributed by atoms with Gasteiger partial charge in [-0.25, -0.2) is 4.39 Å². The number of hydrogen-bond donors (Lipinski definition) is 2. The van der Waals surface area contributed by atoms with Gasteiger partial charge in [-0.3, -0.25) is 0 Å². The molecule has 1 saturated heterocycles. The van der Waals surface area contributed by atoms with Gasteiger partial charge in [-0.15, -0.1) is 0 Å². The molecule has 0 bridgehead atoms. The van der Waals surface area contributed by atoms with Crippen LogP contribution in [0, 0.1) is 11.2 Å². The molecule has 1 aromatic carbocycles. The maximum Gasteiger partial charge on any atom is 0.125 e. The number of benzene rings is 1. The van der Waals surface area contributed by atoms with Gasteiger partial charge in [-0.1, -0.05) is 13.8 Å². The monoisotopic (exact) mass is 300 g/mol. The minimum Gasteiger partial charge on any atom is -0.381 e. The Bertz CT molecular complexity index is 406. The van der Waals surface area contributed by atoms with E-state index in [4.69, 9.17) is 0 Å². The van der Waals surface area contributed by atoms with Crippen molar-refractivity contribution in [3.63, 3.8) is 0 Å². The molecular weight excluding hydrogens is 283 g/mol. The maximum absolute atomic E-state index is 13.2. The molecule has 0 aromatic heterocycles. The number of rotatable bonds is 2. The van der Waals surface area contributed by atoms with Gasteiger partial charge in [0.05, 0.1) is 5.69 Å². The highest BCUT2D eigenvalue weighted by Crippen LogP contribution is 2.31. The normalized spacial score (nSPS) is 23.4. The molecule has 1 aliphatic rings. The highest BCUT2D eigenvalue weighted by atomic mass is 79.9. The van der Waals surface area contributed by atoms with Gasteiger partial charge in [0.1, 0.15) is 5.82 Å². The Balaban J connectivity index is 2.16. The van der Waals surface area contributed by atoms with Crippen LogP contribution in [-0.2, 0) is 0 Å². The molecular formula is C13H18BrFN2. The van der Waals surface area contributed by atoms with Crippen LogP contribution >= 0.6 is 15.9 Å². The molecule has 0 radical (unpaired) electrons. The first-order valence-corrected chi connectivity index (χ1v) is 6.71. The quantitative estimate of drug-likeness (QED) is 0.875. The zero-order valence-corrected chi connectivity index (χ0v) is 11.8. The van der Waals surface area contributed by atoms with Gasteiger partial charge >= 0.3 is 0 Å². The summed E-state index contributed by atoms with van der Waals surface area (Å²) in [5.41, 5.74) is 1.01. The predicted octanol–water partition coefficient (Wildman–Crippen LogP) is 3.39. The van der Waals surface area contributed by atoms with E-state index < -0.39 is 0 Å². The molecule has 1 atom stereocenters. The third kappa shape index (κ3) is 2.99. The Hall–Kier alpha value is -0.610. The van der Waals surface area contributed by atoms with Gasteiger partial charge in [0.25, 0.3) is 0 Å². The van der Waals surface area contributed by atoms with Crippen molar-refractivity contribution in [3.8, 4) is 0 Å². The third-order valence-corrected chi connectivity index (χ3v) is 4.08. The van der Waals surface area contributed by atoms with Crippen LogP contribution in [0.1, 0.15) is 20.3 Å². The number of piperidine rings is 1. The lowest BCUT2D eigenvalue weighted by atomic mass is 9.80. The summed E-state index contributed by atoms with van der Waals surface area (Å²) in [5, 5.41) is 6.84. The van der Waals surface area contributed by atoms with Crippen LogP contribution in [0.3, 0.4) is 0 Å². The summed E-state index contributed by atoms with van der Waals surface area (Å²) in [5.74, 6) is -0.206. The maximum atomic E-state index is 13.2. The van der Waals surface area contributed by atoms with Crippen molar-refractivity contribution in [1.82, 2.24) is 5.32 Å². The van der Waals surface area contributed by atoms with E-state index >= 15 is 0 Å². The molecule has 1 aliphatic heterocycles. The molecule has 17 heavy (non-hydrogen) atoms. The fraction of sp³-hybridized carbons (Fsp3) is 0.538. The van der Waals surface area contributed by atoms with E-state index in [-0.39, 0.29) is 11.2 Å². The molecule has 1 fully saturated rings. The molecule has 94 valence electrons. The fourth-order valence-corrected chi connectivity index (χ4v) is 2.60. The van der Waals surface area contributed by atoms with E-state index in [0.29, 0.717) is 6.04 Å². The minimum absolute atomic E-state index is 0.171. The zero-order valence-electron chi connectivity index (χ0n) is 10.2. The van der Waals surface area contributed by atoms with Gasteiger partial charge in [0.15, 0.2) is 0 Å². The Morgan fingerprint density at radius 2 is 2.24 bits per heavy atom. The summed E-state index contributed by atoms with van der Waals surface area (Å²) in [4.78, 5) is 0. The van der Waals surface area contributed by atoms with Crippen LogP contribution < -0.4 is 10.6 Å².